The predicted octanol–water partition coefficient (Wildman–Crippen LogP) is 1.20. The third-order valence-corrected chi connectivity index (χ3v) is 6.66. The largest absolute Gasteiger partial charge is 0.355 e. The lowest BCUT2D eigenvalue weighted by molar-refractivity contribution is -0.138. The molecule has 3 fully saturated rings. The molecule has 6 nitrogen and oxygen atoms in total. The van der Waals surface area contributed by atoms with Gasteiger partial charge in [-0.1, -0.05) is 25.7 Å². The highest BCUT2D eigenvalue weighted by molar-refractivity contribution is 5.79. The summed E-state index contributed by atoms with van der Waals surface area (Å²) in [6.07, 6.45) is 9.06. The van der Waals surface area contributed by atoms with Gasteiger partial charge in [0.2, 0.25) is 11.8 Å². The van der Waals surface area contributed by atoms with E-state index in [1.807, 2.05) is 0 Å². The van der Waals surface area contributed by atoms with E-state index in [1.165, 1.54) is 19.3 Å². The molecule has 2 aliphatic carbocycles. The zero-order chi connectivity index (χ0) is 18.4. The molecule has 0 aromatic carbocycles. The van der Waals surface area contributed by atoms with Crippen LogP contribution in [0.4, 0.5) is 0 Å². The summed E-state index contributed by atoms with van der Waals surface area (Å²) in [6.45, 7) is 5.70. The van der Waals surface area contributed by atoms with Crippen LogP contribution in [0.1, 0.15) is 51.4 Å². The minimum atomic E-state index is 0.116. The van der Waals surface area contributed by atoms with Crippen LogP contribution >= 0.6 is 0 Å². The van der Waals surface area contributed by atoms with E-state index in [9.17, 15) is 9.59 Å². The van der Waals surface area contributed by atoms with Crippen molar-refractivity contribution in [3.8, 4) is 0 Å². The first-order chi connectivity index (χ1) is 12.7. The van der Waals surface area contributed by atoms with Gasteiger partial charge in [0, 0.05) is 51.1 Å². The van der Waals surface area contributed by atoms with E-state index in [0.29, 0.717) is 24.9 Å². The first-order valence-electron chi connectivity index (χ1n) is 10.7. The fourth-order valence-electron chi connectivity index (χ4n) is 4.93. The molecule has 0 unspecified atom stereocenters. The Morgan fingerprint density at radius 3 is 2.35 bits per heavy atom. The Kier molecular flexibility index (Phi) is 7.32. The van der Waals surface area contributed by atoms with Gasteiger partial charge in [-0.05, 0) is 38.1 Å². The molecule has 148 valence electrons. The number of nitrogens with two attached hydrogens (primary N) is 1. The number of amides is 2. The van der Waals surface area contributed by atoms with Crippen molar-refractivity contribution in [3.05, 3.63) is 0 Å². The van der Waals surface area contributed by atoms with Gasteiger partial charge < -0.3 is 16.0 Å². The zero-order valence-electron chi connectivity index (χ0n) is 16.1. The van der Waals surface area contributed by atoms with E-state index in [2.05, 4.69) is 15.1 Å². The molecule has 0 aromatic rings. The Bertz CT molecular complexity index is 470. The van der Waals surface area contributed by atoms with Crippen LogP contribution in [-0.4, -0.2) is 67.4 Å². The van der Waals surface area contributed by atoms with E-state index in [0.717, 1.165) is 64.8 Å². The number of nitrogens with zero attached hydrogens (tertiary/aromatic N) is 2. The van der Waals surface area contributed by atoms with E-state index in [1.54, 1.807) is 0 Å². The molecule has 6 heteroatoms. The maximum absolute atomic E-state index is 12.6. The number of carbonyl (C=O) groups is 2. The van der Waals surface area contributed by atoms with Crippen molar-refractivity contribution in [2.45, 2.75) is 51.4 Å². The first-order valence-corrected chi connectivity index (χ1v) is 10.7. The van der Waals surface area contributed by atoms with Crippen LogP contribution in [0.2, 0.25) is 0 Å². The number of carbonyl (C=O) groups excluding carboxylic acids is 2. The fraction of sp³-hybridized carbons (Fsp3) is 0.900. The highest BCUT2D eigenvalue weighted by Gasteiger charge is 2.32. The zero-order valence-corrected chi connectivity index (χ0v) is 16.1. The lowest BCUT2D eigenvalue weighted by Gasteiger charge is -2.37. The molecule has 1 aliphatic heterocycles. The summed E-state index contributed by atoms with van der Waals surface area (Å²) in [7, 11) is 0. The fourth-order valence-corrected chi connectivity index (χ4v) is 4.93. The molecule has 26 heavy (non-hydrogen) atoms. The third kappa shape index (κ3) is 4.97. The highest BCUT2D eigenvalue weighted by Crippen LogP contribution is 2.30. The van der Waals surface area contributed by atoms with Crippen molar-refractivity contribution in [2.75, 3.05) is 45.8 Å². The van der Waals surface area contributed by atoms with Crippen LogP contribution in [-0.2, 0) is 9.59 Å². The Labute approximate surface area is 157 Å². The Balaban J connectivity index is 1.32. The van der Waals surface area contributed by atoms with Gasteiger partial charge in [0.05, 0.1) is 0 Å². The molecule has 2 atom stereocenters. The summed E-state index contributed by atoms with van der Waals surface area (Å²) in [5.74, 6) is 1.32. The summed E-state index contributed by atoms with van der Waals surface area (Å²) >= 11 is 0. The van der Waals surface area contributed by atoms with Crippen LogP contribution in [0.5, 0.6) is 0 Å². The normalized spacial score (nSPS) is 28.3. The smallest absolute Gasteiger partial charge is 0.225 e. The average Bonchev–Trinajstić information content (AvgIpc) is 3.17. The molecule has 3 aliphatic rings. The van der Waals surface area contributed by atoms with Gasteiger partial charge in [0.1, 0.15) is 0 Å². The molecule has 0 spiro atoms. The van der Waals surface area contributed by atoms with Crippen molar-refractivity contribution in [1.82, 2.24) is 15.1 Å². The van der Waals surface area contributed by atoms with Gasteiger partial charge in [-0.3, -0.25) is 14.5 Å². The van der Waals surface area contributed by atoms with E-state index >= 15 is 0 Å². The molecular weight excluding hydrogens is 328 g/mol. The minimum Gasteiger partial charge on any atom is -0.355 e. The summed E-state index contributed by atoms with van der Waals surface area (Å²) in [4.78, 5) is 29.4. The van der Waals surface area contributed by atoms with Gasteiger partial charge in [0.25, 0.3) is 0 Å². The number of hydrogen-bond donors (Lipinski definition) is 2. The number of hydrogen-bond acceptors (Lipinski definition) is 4. The maximum atomic E-state index is 12.6. The monoisotopic (exact) mass is 364 g/mol. The summed E-state index contributed by atoms with van der Waals surface area (Å²) in [5.41, 5.74) is 5.78. The Morgan fingerprint density at radius 2 is 1.65 bits per heavy atom. The number of rotatable bonds is 6. The van der Waals surface area contributed by atoms with Crippen molar-refractivity contribution in [2.24, 2.45) is 23.5 Å². The van der Waals surface area contributed by atoms with Gasteiger partial charge in [-0.2, -0.15) is 0 Å². The predicted molar refractivity (Wildman–Crippen MR) is 102 cm³/mol. The van der Waals surface area contributed by atoms with Gasteiger partial charge in [-0.15, -0.1) is 0 Å². The molecule has 0 bridgehead atoms. The molecule has 2 amide bonds. The van der Waals surface area contributed by atoms with Crippen LogP contribution in [0, 0.1) is 17.8 Å². The molecular formula is C20H36N4O2. The van der Waals surface area contributed by atoms with Crippen LogP contribution in [0.25, 0.3) is 0 Å². The number of nitrogens with one attached hydrogen (secondary N) is 1. The quantitative estimate of drug-likeness (QED) is 0.742. The highest BCUT2D eigenvalue weighted by atomic mass is 16.2. The lowest BCUT2D eigenvalue weighted by Crippen LogP contribution is -2.52. The Morgan fingerprint density at radius 1 is 0.923 bits per heavy atom. The second-order valence-electron chi connectivity index (χ2n) is 8.33. The Hall–Kier alpha value is -1.14. The molecule has 3 N–H and O–H groups in total. The van der Waals surface area contributed by atoms with Gasteiger partial charge in [-0.25, -0.2) is 0 Å². The van der Waals surface area contributed by atoms with Gasteiger partial charge in [0.15, 0.2) is 0 Å². The van der Waals surface area contributed by atoms with E-state index in [4.69, 9.17) is 5.73 Å². The summed E-state index contributed by atoms with van der Waals surface area (Å²) in [5, 5.41) is 3.11. The van der Waals surface area contributed by atoms with Crippen molar-refractivity contribution < 1.29 is 9.59 Å². The van der Waals surface area contributed by atoms with Crippen LogP contribution < -0.4 is 11.1 Å². The third-order valence-electron chi connectivity index (χ3n) is 6.66. The SMILES string of the molecule is NC[C@H]1CCC[C@H]1C(=O)NCCN1CCN(C(=O)C2CCCCC2)CC1. The average molecular weight is 365 g/mol. The molecule has 1 saturated heterocycles. The number of piperazine rings is 1. The van der Waals surface area contributed by atoms with E-state index < -0.39 is 0 Å². The lowest BCUT2D eigenvalue weighted by atomic mass is 9.88. The first kappa shape index (κ1) is 19.6. The van der Waals surface area contributed by atoms with Crippen molar-refractivity contribution in [3.63, 3.8) is 0 Å². The summed E-state index contributed by atoms with van der Waals surface area (Å²) < 4.78 is 0. The molecule has 0 radical (unpaired) electrons. The van der Waals surface area contributed by atoms with Gasteiger partial charge >= 0.3 is 0 Å². The minimum absolute atomic E-state index is 0.116. The molecule has 0 aromatic heterocycles. The second-order valence-corrected chi connectivity index (χ2v) is 8.33. The molecule has 3 rings (SSSR count). The molecule has 1 heterocycles. The topological polar surface area (TPSA) is 78.7 Å². The van der Waals surface area contributed by atoms with Crippen LogP contribution in [0.3, 0.4) is 0 Å². The van der Waals surface area contributed by atoms with Crippen molar-refractivity contribution in [1.29, 1.82) is 0 Å². The van der Waals surface area contributed by atoms with Crippen LogP contribution in [0.15, 0.2) is 0 Å². The molecule has 2 saturated carbocycles. The van der Waals surface area contributed by atoms with Crippen molar-refractivity contribution >= 4 is 11.8 Å². The summed E-state index contributed by atoms with van der Waals surface area (Å²) in [6, 6.07) is 0. The maximum Gasteiger partial charge on any atom is 0.225 e. The second kappa shape index (κ2) is 9.70. The van der Waals surface area contributed by atoms with E-state index in [-0.39, 0.29) is 17.7 Å². The standard InChI is InChI=1S/C20H36N4O2/c21-15-17-7-4-8-18(17)19(25)22-9-10-23-11-13-24(14-12-23)20(26)16-5-2-1-3-6-16/h16-18H,1-15,21H2,(H,22,25)/t17-,18-/m1/s1.